The number of aromatic nitrogens is 2. The molecule has 0 aliphatic heterocycles. The van der Waals surface area contributed by atoms with Crippen molar-refractivity contribution in [2.45, 2.75) is 43.0 Å². The lowest BCUT2D eigenvalue weighted by atomic mass is 9.84. The summed E-state index contributed by atoms with van der Waals surface area (Å²) in [4.78, 5) is 4.35. The lowest BCUT2D eigenvalue weighted by Gasteiger charge is -2.32. The molecule has 1 fully saturated rings. The fourth-order valence-electron chi connectivity index (χ4n) is 2.12. The predicted molar refractivity (Wildman–Crippen MR) is 58.7 cm³/mol. The fourth-order valence-corrected chi connectivity index (χ4v) is 2.35. The average molecular weight is 275 g/mol. The lowest BCUT2D eigenvalue weighted by molar-refractivity contribution is -0.0672. The minimum Gasteiger partial charge on any atom is -0.368 e. The first-order valence-corrected chi connectivity index (χ1v) is 6.37. The van der Waals surface area contributed by atoms with Gasteiger partial charge in [-0.2, -0.15) is 4.98 Å². The number of hydrogen-bond donors (Lipinski definition) is 0. The van der Waals surface area contributed by atoms with E-state index in [0.717, 1.165) is 12.8 Å². The lowest BCUT2D eigenvalue weighted by Crippen LogP contribution is -2.31. The summed E-state index contributed by atoms with van der Waals surface area (Å²) >= 11 is 3.31. The van der Waals surface area contributed by atoms with E-state index in [-0.39, 0.29) is 5.60 Å². The van der Waals surface area contributed by atoms with Gasteiger partial charge >= 0.3 is 0 Å². The molecule has 5 heteroatoms. The number of halogens is 1. The largest absolute Gasteiger partial charge is 0.368 e. The first-order chi connectivity index (χ1) is 7.30. The predicted octanol–water partition coefficient (Wildman–Crippen LogP) is 2.77. The Morgan fingerprint density at radius 2 is 2.13 bits per heavy atom. The molecule has 1 aromatic heterocycles. The minimum absolute atomic E-state index is 0.328. The van der Waals surface area contributed by atoms with E-state index in [4.69, 9.17) is 9.26 Å². The molecule has 1 aromatic rings. The molecular weight excluding hydrogens is 260 g/mol. The SMILES string of the molecule is COC1(c2nc(CBr)no2)CCCCC1. The Labute approximate surface area is 97.5 Å². The maximum Gasteiger partial charge on any atom is 0.258 e. The summed E-state index contributed by atoms with van der Waals surface area (Å²) in [5, 5.41) is 4.51. The Bertz CT molecular complexity index is 321. The summed E-state index contributed by atoms with van der Waals surface area (Å²) in [5.41, 5.74) is -0.328. The molecule has 0 N–H and O–H groups in total. The van der Waals surface area contributed by atoms with Gasteiger partial charge in [-0.25, -0.2) is 0 Å². The summed E-state index contributed by atoms with van der Waals surface area (Å²) in [5.74, 6) is 1.33. The Morgan fingerprint density at radius 3 is 2.67 bits per heavy atom. The smallest absolute Gasteiger partial charge is 0.258 e. The number of hydrogen-bond acceptors (Lipinski definition) is 4. The monoisotopic (exact) mass is 274 g/mol. The molecule has 0 spiro atoms. The molecule has 0 radical (unpaired) electrons. The van der Waals surface area contributed by atoms with E-state index in [0.29, 0.717) is 17.0 Å². The van der Waals surface area contributed by atoms with Crippen molar-refractivity contribution >= 4 is 15.9 Å². The molecule has 4 nitrogen and oxygen atoms in total. The van der Waals surface area contributed by atoms with Gasteiger partial charge in [0.15, 0.2) is 5.82 Å². The van der Waals surface area contributed by atoms with Crippen LogP contribution in [0.25, 0.3) is 0 Å². The maximum absolute atomic E-state index is 5.61. The Morgan fingerprint density at radius 1 is 1.40 bits per heavy atom. The van der Waals surface area contributed by atoms with E-state index in [9.17, 15) is 0 Å². The Hall–Kier alpha value is -0.420. The van der Waals surface area contributed by atoms with Crippen LogP contribution in [0.5, 0.6) is 0 Å². The number of alkyl halides is 1. The normalized spacial score (nSPS) is 20.4. The fraction of sp³-hybridized carbons (Fsp3) is 0.800. The van der Waals surface area contributed by atoms with Crippen molar-refractivity contribution in [3.05, 3.63) is 11.7 Å². The quantitative estimate of drug-likeness (QED) is 0.796. The third-order valence-corrected chi connectivity index (χ3v) is 3.53. The molecule has 1 saturated carbocycles. The van der Waals surface area contributed by atoms with Gasteiger partial charge in [0.25, 0.3) is 5.89 Å². The molecule has 15 heavy (non-hydrogen) atoms. The van der Waals surface area contributed by atoms with Crippen LogP contribution in [0.2, 0.25) is 0 Å². The van der Waals surface area contributed by atoms with E-state index >= 15 is 0 Å². The van der Waals surface area contributed by atoms with E-state index < -0.39 is 0 Å². The first kappa shape index (κ1) is 11.1. The minimum atomic E-state index is -0.328. The van der Waals surface area contributed by atoms with Crippen molar-refractivity contribution in [2.24, 2.45) is 0 Å². The summed E-state index contributed by atoms with van der Waals surface area (Å²) in [6.07, 6.45) is 5.56. The zero-order chi connectivity index (χ0) is 10.7. The Kier molecular flexibility index (Phi) is 3.41. The highest BCUT2D eigenvalue weighted by molar-refractivity contribution is 9.08. The van der Waals surface area contributed by atoms with Crippen LogP contribution in [0.3, 0.4) is 0 Å². The molecule has 0 unspecified atom stereocenters. The molecular formula is C10H15BrN2O2. The van der Waals surface area contributed by atoms with Gasteiger partial charge < -0.3 is 9.26 Å². The van der Waals surface area contributed by atoms with Crippen LogP contribution in [-0.2, 0) is 15.7 Å². The van der Waals surface area contributed by atoms with Crippen LogP contribution in [0.1, 0.15) is 43.8 Å². The highest BCUT2D eigenvalue weighted by Gasteiger charge is 2.39. The molecule has 0 saturated heterocycles. The van der Waals surface area contributed by atoms with Gasteiger partial charge in [-0.05, 0) is 12.8 Å². The molecule has 0 bridgehead atoms. The van der Waals surface area contributed by atoms with E-state index in [1.165, 1.54) is 19.3 Å². The number of methoxy groups -OCH3 is 1. The van der Waals surface area contributed by atoms with Gasteiger partial charge in [-0.3, -0.25) is 0 Å². The zero-order valence-electron chi connectivity index (χ0n) is 8.83. The van der Waals surface area contributed by atoms with Crippen molar-refractivity contribution in [2.75, 3.05) is 7.11 Å². The summed E-state index contributed by atoms with van der Waals surface area (Å²) < 4.78 is 10.9. The van der Waals surface area contributed by atoms with E-state index in [1.54, 1.807) is 7.11 Å². The molecule has 0 amide bonds. The average Bonchev–Trinajstić information content (AvgIpc) is 2.79. The van der Waals surface area contributed by atoms with Crippen LogP contribution in [0.4, 0.5) is 0 Å². The van der Waals surface area contributed by atoms with Gasteiger partial charge in [0.1, 0.15) is 5.60 Å². The van der Waals surface area contributed by atoms with Crippen LogP contribution in [0.15, 0.2) is 4.52 Å². The van der Waals surface area contributed by atoms with Crippen molar-refractivity contribution in [3.8, 4) is 0 Å². The molecule has 0 atom stereocenters. The van der Waals surface area contributed by atoms with Crippen molar-refractivity contribution in [1.82, 2.24) is 10.1 Å². The van der Waals surface area contributed by atoms with E-state index in [2.05, 4.69) is 26.1 Å². The molecule has 2 rings (SSSR count). The second kappa shape index (κ2) is 4.61. The number of rotatable bonds is 3. The van der Waals surface area contributed by atoms with Crippen LogP contribution >= 0.6 is 15.9 Å². The highest BCUT2D eigenvalue weighted by atomic mass is 79.9. The molecule has 1 aliphatic carbocycles. The first-order valence-electron chi connectivity index (χ1n) is 5.25. The van der Waals surface area contributed by atoms with Gasteiger partial charge in [0.05, 0.1) is 5.33 Å². The molecule has 0 aromatic carbocycles. The third kappa shape index (κ3) is 2.08. The van der Waals surface area contributed by atoms with Gasteiger partial charge in [-0.1, -0.05) is 40.3 Å². The molecule has 1 heterocycles. The Balaban J connectivity index is 2.24. The summed E-state index contributed by atoms with van der Waals surface area (Å²) in [6.45, 7) is 0. The van der Waals surface area contributed by atoms with Gasteiger partial charge in [-0.15, -0.1) is 0 Å². The number of nitrogens with zero attached hydrogens (tertiary/aromatic N) is 2. The van der Waals surface area contributed by atoms with Crippen LogP contribution in [-0.4, -0.2) is 17.3 Å². The summed E-state index contributed by atoms with van der Waals surface area (Å²) in [6, 6.07) is 0. The third-order valence-electron chi connectivity index (χ3n) is 3.03. The molecule has 1 aliphatic rings. The van der Waals surface area contributed by atoms with Gasteiger partial charge in [0.2, 0.25) is 0 Å². The maximum atomic E-state index is 5.61. The second-order valence-electron chi connectivity index (χ2n) is 3.91. The van der Waals surface area contributed by atoms with Crippen molar-refractivity contribution < 1.29 is 9.26 Å². The van der Waals surface area contributed by atoms with Crippen molar-refractivity contribution in [1.29, 1.82) is 0 Å². The topological polar surface area (TPSA) is 48.2 Å². The van der Waals surface area contributed by atoms with Crippen LogP contribution < -0.4 is 0 Å². The van der Waals surface area contributed by atoms with Crippen LogP contribution in [0, 0.1) is 0 Å². The molecule has 84 valence electrons. The highest BCUT2D eigenvalue weighted by Crippen LogP contribution is 2.39. The zero-order valence-corrected chi connectivity index (χ0v) is 10.4. The summed E-state index contributed by atoms with van der Waals surface area (Å²) in [7, 11) is 1.73. The standard InChI is InChI=1S/C10H15BrN2O2/c1-14-10(5-3-2-4-6-10)9-12-8(7-11)13-15-9/h2-7H2,1H3. The number of ether oxygens (including phenoxy) is 1. The van der Waals surface area contributed by atoms with Crippen molar-refractivity contribution in [3.63, 3.8) is 0 Å². The second-order valence-corrected chi connectivity index (χ2v) is 4.47. The van der Waals surface area contributed by atoms with E-state index in [1.807, 2.05) is 0 Å². The van der Waals surface area contributed by atoms with Gasteiger partial charge in [0, 0.05) is 7.11 Å².